The fourth-order valence-electron chi connectivity index (χ4n) is 1.30. The molecule has 0 radical (unpaired) electrons. The van der Waals surface area contributed by atoms with Crippen LogP contribution < -0.4 is 5.32 Å². The Morgan fingerprint density at radius 1 is 1.26 bits per heavy atom. The minimum atomic E-state index is -0.740. The maximum absolute atomic E-state index is 11.3. The van der Waals surface area contributed by atoms with E-state index in [0.29, 0.717) is 6.29 Å². The van der Waals surface area contributed by atoms with Crippen LogP contribution in [0.25, 0.3) is 0 Å². The van der Waals surface area contributed by atoms with E-state index in [1.165, 1.54) is 0 Å². The standard InChI is InChI=1S/C11H12N2O6/c14-5-6-19-11(18)7-12-8(15)3-4-13-9(16)1-2-10(13)17/h1-2,5H,3-4,6-7H2,(H,12,15). The first kappa shape index (κ1) is 14.6. The van der Waals surface area contributed by atoms with Crippen LogP contribution in [-0.4, -0.2) is 54.6 Å². The van der Waals surface area contributed by atoms with Crippen LogP contribution in [0.4, 0.5) is 0 Å². The normalized spacial score (nSPS) is 13.6. The van der Waals surface area contributed by atoms with E-state index >= 15 is 0 Å². The van der Waals surface area contributed by atoms with Gasteiger partial charge in [-0.15, -0.1) is 0 Å². The van der Waals surface area contributed by atoms with Crippen molar-refractivity contribution >= 4 is 30.0 Å². The molecule has 0 unspecified atom stereocenters. The number of nitrogens with one attached hydrogen (secondary N) is 1. The number of ether oxygens (including phenoxy) is 1. The molecule has 0 aromatic heterocycles. The van der Waals surface area contributed by atoms with Crippen LogP contribution in [-0.2, 0) is 28.7 Å². The number of esters is 1. The highest BCUT2D eigenvalue weighted by Crippen LogP contribution is 2.03. The molecule has 1 aliphatic heterocycles. The highest BCUT2D eigenvalue weighted by molar-refractivity contribution is 6.13. The van der Waals surface area contributed by atoms with Gasteiger partial charge in [0.1, 0.15) is 13.2 Å². The Hall–Kier alpha value is -2.51. The van der Waals surface area contributed by atoms with Crippen LogP contribution in [0, 0.1) is 0 Å². The van der Waals surface area contributed by atoms with E-state index < -0.39 is 23.7 Å². The third-order valence-corrected chi connectivity index (χ3v) is 2.21. The zero-order valence-electron chi connectivity index (χ0n) is 9.96. The fraction of sp³-hybridized carbons (Fsp3) is 0.364. The number of carbonyl (C=O) groups excluding carboxylic acids is 5. The SMILES string of the molecule is O=CCOC(=O)CNC(=O)CCN1C(=O)C=CC1=O. The molecule has 8 heteroatoms. The summed E-state index contributed by atoms with van der Waals surface area (Å²) in [6.07, 6.45) is 2.55. The average molecular weight is 268 g/mol. The third-order valence-electron chi connectivity index (χ3n) is 2.21. The predicted octanol–water partition coefficient (Wildman–Crippen LogP) is -1.84. The van der Waals surface area contributed by atoms with E-state index in [-0.39, 0.29) is 26.1 Å². The molecule has 0 saturated carbocycles. The largest absolute Gasteiger partial charge is 0.457 e. The molecule has 1 aliphatic rings. The Bertz CT molecular complexity index is 424. The number of hydrogen-bond acceptors (Lipinski definition) is 6. The molecule has 102 valence electrons. The van der Waals surface area contributed by atoms with Crippen molar-refractivity contribution in [1.82, 2.24) is 10.2 Å². The molecule has 3 amide bonds. The topological polar surface area (TPSA) is 110 Å². The van der Waals surface area contributed by atoms with Gasteiger partial charge in [-0.05, 0) is 0 Å². The summed E-state index contributed by atoms with van der Waals surface area (Å²) in [4.78, 5) is 55.4. The van der Waals surface area contributed by atoms with Crippen molar-refractivity contribution in [1.29, 1.82) is 0 Å². The molecular weight excluding hydrogens is 256 g/mol. The number of rotatable bonds is 7. The Morgan fingerprint density at radius 2 is 1.89 bits per heavy atom. The van der Waals surface area contributed by atoms with Gasteiger partial charge in [-0.25, -0.2) is 0 Å². The van der Waals surface area contributed by atoms with Gasteiger partial charge >= 0.3 is 5.97 Å². The lowest BCUT2D eigenvalue weighted by Crippen LogP contribution is -2.36. The second-order valence-electron chi connectivity index (χ2n) is 3.54. The molecule has 8 nitrogen and oxygen atoms in total. The number of carbonyl (C=O) groups is 5. The van der Waals surface area contributed by atoms with Crippen molar-refractivity contribution < 1.29 is 28.7 Å². The monoisotopic (exact) mass is 268 g/mol. The number of aldehydes is 1. The quantitative estimate of drug-likeness (QED) is 0.330. The lowest BCUT2D eigenvalue weighted by molar-refractivity contribution is -0.145. The highest BCUT2D eigenvalue weighted by atomic mass is 16.5. The molecule has 19 heavy (non-hydrogen) atoms. The molecule has 0 saturated heterocycles. The van der Waals surface area contributed by atoms with Crippen LogP contribution >= 0.6 is 0 Å². The Kier molecular flexibility index (Phi) is 5.39. The van der Waals surface area contributed by atoms with Crippen molar-refractivity contribution in [3.63, 3.8) is 0 Å². The van der Waals surface area contributed by atoms with E-state index in [1.54, 1.807) is 0 Å². The first-order chi connectivity index (χ1) is 9.04. The summed E-state index contributed by atoms with van der Waals surface area (Å²) in [7, 11) is 0. The third kappa shape index (κ3) is 4.70. The summed E-state index contributed by atoms with van der Waals surface area (Å²) < 4.78 is 4.40. The van der Waals surface area contributed by atoms with Gasteiger partial charge in [-0.1, -0.05) is 0 Å². The second-order valence-corrected chi connectivity index (χ2v) is 3.54. The van der Waals surface area contributed by atoms with E-state index in [0.717, 1.165) is 17.1 Å². The first-order valence-electron chi connectivity index (χ1n) is 5.44. The van der Waals surface area contributed by atoms with Gasteiger partial charge in [0.05, 0.1) is 0 Å². The van der Waals surface area contributed by atoms with E-state index in [1.807, 2.05) is 0 Å². The Balaban J connectivity index is 2.21. The lowest BCUT2D eigenvalue weighted by Gasteiger charge is -2.12. The van der Waals surface area contributed by atoms with Gasteiger partial charge in [0.2, 0.25) is 5.91 Å². The van der Waals surface area contributed by atoms with E-state index in [4.69, 9.17) is 0 Å². The maximum Gasteiger partial charge on any atom is 0.325 e. The molecule has 1 heterocycles. The van der Waals surface area contributed by atoms with Crippen LogP contribution in [0.15, 0.2) is 12.2 Å². The molecule has 0 aromatic rings. The summed E-state index contributed by atoms with van der Waals surface area (Å²) in [6.45, 7) is -0.788. The van der Waals surface area contributed by atoms with Crippen molar-refractivity contribution in [3.8, 4) is 0 Å². The minimum Gasteiger partial charge on any atom is -0.457 e. The molecule has 0 aliphatic carbocycles. The lowest BCUT2D eigenvalue weighted by atomic mass is 10.3. The van der Waals surface area contributed by atoms with Gasteiger partial charge in [0, 0.05) is 25.1 Å². The second kappa shape index (κ2) is 7.04. The number of amides is 3. The first-order valence-corrected chi connectivity index (χ1v) is 5.44. The van der Waals surface area contributed by atoms with Gasteiger partial charge < -0.3 is 10.1 Å². The molecule has 0 aromatic carbocycles. The Morgan fingerprint density at radius 3 is 2.47 bits per heavy atom. The smallest absolute Gasteiger partial charge is 0.325 e. The zero-order valence-corrected chi connectivity index (χ0v) is 9.96. The summed E-state index contributed by atoms with van der Waals surface area (Å²) in [5.74, 6) is -2.18. The van der Waals surface area contributed by atoms with Crippen LogP contribution in [0.1, 0.15) is 6.42 Å². The van der Waals surface area contributed by atoms with Crippen LogP contribution in [0.2, 0.25) is 0 Å². The van der Waals surface area contributed by atoms with Gasteiger partial charge in [0.15, 0.2) is 6.29 Å². The highest BCUT2D eigenvalue weighted by Gasteiger charge is 2.23. The minimum absolute atomic E-state index is 0.0557. The van der Waals surface area contributed by atoms with Gasteiger partial charge in [0.25, 0.3) is 11.8 Å². The molecule has 1 N–H and O–H groups in total. The molecule has 0 bridgehead atoms. The molecule has 0 fully saturated rings. The number of hydrogen-bond donors (Lipinski definition) is 1. The van der Waals surface area contributed by atoms with Crippen LogP contribution in [0.3, 0.4) is 0 Å². The molecular formula is C11H12N2O6. The van der Waals surface area contributed by atoms with Crippen LogP contribution in [0.5, 0.6) is 0 Å². The summed E-state index contributed by atoms with van der Waals surface area (Å²) in [5, 5.41) is 2.25. The van der Waals surface area contributed by atoms with E-state index in [9.17, 15) is 24.0 Å². The predicted molar refractivity (Wildman–Crippen MR) is 60.5 cm³/mol. The summed E-state index contributed by atoms with van der Waals surface area (Å²) in [6, 6.07) is 0. The van der Waals surface area contributed by atoms with E-state index in [2.05, 4.69) is 10.1 Å². The Labute approximate surface area is 108 Å². The van der Waals surface area contributed by atoms with Crippen molar-refractivity contribution in [2.75, 3.05) is 19.7 Å². The van der Waals surface area contributed by atoms with Crippen molar-refractivity contribution in [3.05, 3.63) is 12.2 Å². The molecule has 0 spiro atoms. The summed E-state index contributed by atoms with van der Waals surface area (Å²) in [5.41, 5.74) is 0. The average Bonchev–Trinajstić information content (AvgIpc) is 2.71. The van der Waals surface area contributed by atoms with Gasteiger partial charge in [-0.3, -0.25) is 28.9 Å². The number of nitrogens with zero attached hydrogens (tertiary/aromatic N) is 1. The van der Waals surface area contributed by atoms with Crippen molar-refractivity contribution in [2.45, 2.75) is 6.42 Å². The molecule has 0 atom stereocenters. The fourth-order valence-corrected chi connectivity index (χ4v) is 1.30. The maximum atomic E-state index is 11.3. The van der Waals surface area contributed by atoms with Gasteiger partial charge in [-0.2, -0.15) is 0 Å². The summed E-state index contributed by atoms with van der Waals surface area (Å²) >= 11 is 0. The number of imide groups is 1. The zero-order chi connectivity index (χ0) is 14.3. The van der Waals surface area contributed by atoms with Crippen molar-refractivity contribution in [2.24, 2.45) is 0 Å². The molecule has 1 rings (SSSR count).